The summed E-state index contributed by atoms with van der Waals surface area (Å²) >= 11 is 0. The second kappa shape index (κ2) is 9.72. The Morgan fingerprint density at radius 2 is 1.53 bits per heavy atom. The molecule has 0 spiro atoms. The van der Waals surface area contributed by atoms with Crippen LogP contribution in [-0.2, 0) is 15.6 Å². The van der Waals surface area contributed by atoms with Crippen LogP contribution in [0.1, 0.15) is 51.4 Å². The van der Waals surface area contributed by atoms with Crippen LogP contribution in [-0.4, -0.2) is 37.3 Å². The Hall–Kier alpha value is -3.15. The maximum Gasteiger partial charge on any atom is 0.261 e. The standard InChI is InChI=1S/C31H36N2O2Si/c1-23(34)33-21-19-27-26-17-11-12-18-28(26)32-30(27)29(33)20-22-35-36(31(2,3)4,24-13-7-5-8-14-24)25-15-9-6-10-16-25/h5-18,29,32H,19-22H2,1-4H3/t29-/m0/s1. The number of nitrogens with one attached hydrogen (secondary N) is 1. The highest BCUT2D eigenvalue weighted by Gasteiger charge is 2.50. The number of hydrogen-bond acceptors (Lipinski definition) is 2. The summed E-state index contributed by atoms with van der Waals surface area (Å²) in [5.41, 5.74) is 3.66. The van der Waals surface area contributed by atoms with E-state index in [1.165, 1.54) is 27.0 Å². The molecule has 0 fully saturated rings. The molecule has 0 saturated heterocycles. The molecule has 3 aromatic carbocycles. The van der Waals surface area contributed by atoms with Gasteiger partial charge in [0.15, 0.2) is 0 Å². The molecule has 0 bridgehead atoms. The van der Waals surface area contributed by atoms with Crippen LogP contribution in [0, 0.1) is 0 Å². The van der Waals surface area contributed by atoms with Crippen molar-refractivity contribution in [2.45, 2.75) is 51.6 Å². The number of aromatic amines is 1. The molecule has 5 heteroatoms. The van der Waals surface area contributed by atoms with Crippen LogP contribution in [0.5, 0.6) is 0 Å². The van der Waals surface area contributed by atoms with Crippen LogP contribution in [0.25, 0.3) is 10.9 Å². The molecule has 0 unspecified atom stereocenters. The van der Waals surface area contributed by atoms with E-state index >= 15 is 0 Å². The molecule has 0 saturated carbocycles. The molecular weight excluding hydrogens is 460 g/mol. The van der Waals surface area contributed by atoms with E-state index in [1.54, 1.807) is 6.92 Å². The number of carbonyl (C=O) groups is 1. The Labute approximate surface area is 215 Å². The minimum atomic E-state index is -2.62. The second-order valence-corrected chi connectivity index (χ2v) is 15.1. The molecular formula is C31H36N2O2Si. The molecule has 36 heavy (non-hydrogen) atoms. The Balaban J connectivity index is 1.52. The SMILES string of the molecule is CC(=O)N1CCc2c([nH]c3ccccc23)[C@@H]1CCO[Si](c1ccccc1)(c1ccccc1)C(C)(C)C. The maximum absolute atomic E-state index is 12.7. The number of nitrogens with zero attached hydrogens (tertiary/aromatic N) is 1. The number of amides is 1. The van der Waals surface area contributed by atoms with Gasteiger partial charge in [-0.1, -0.05) is 99.6 Å². The molecule has 1 aromatic heterocycles. The lowest BCUT2D eigenvalue weighted by Crippen LogP contribution is -2.66. The van der Waals surface area contributed by atoms with Gasteiger partial charge in [-0.2, -0.15) is 0 Å². The predicted molar refractivity (Wildman–Crippen MR) is 150 cm³/mol. The fraction of sp³-hybridized carbons (Fsp3) is 0.323. The van der Waals surface area contributed by atoms with E-state index in [0.717, 1.165) is 24.9 Å². The molecule has 0 aliphatic carbocycles. The van der Waals surface area contributed by atoms with Crippen LogP contribution < -0.4 is 10.4 Å². The van der Waals surface area contributed by atoms with Crippen molar-refractivity contribution in [2.75, 3.05) is 13.2 Å². The first-order valence-electron chi connectivity index (χ1n) is 12.9. The highest BCUT2D eigenvalue weighted by Crippen LogP contribution is 2.39. The van der Waals surface area contributed by atoms with E-state index in [1.807, 2.05) is 4.90 Å². The van der Waals surface area contributed by atoms with Crippen molar-refractivity contribution in [1.82, 2.24) is 9.88 Å². The number of aromatic nitrogens is 1. The van der Waals surface area contributed by atoms with E-state index in [2.05, 4.69) is 111 Å². The maximum atomic E-state index is 12.7. The Kier molecular flexibility index (Phi) is 6.62. The van der Waals surface area contributed by atoms with Crippen molar-refractivity contribution in [1.29, 1.82) is 0 Å². The molecule has 1 atom stereocenters. The predicted octanol–water partition coefficient (Wildman–Crippen LogP) is 5.58. The first kappa shape index (κ1) is 24.5. The number of para-hydroxylation sites is 1. The summed E-state index contributed by atoms with van der Waals surface area (Å²) in [6.45, 7) is 9.92. The highest BCUT2D eigenvalue weighted by molar-refractivity contribution is 6.99. The normalized spacial score (nSPS) is 16.2. The Morgan fingerprint density at radius 3 is 2.11 bits per heavy atom. The summed E-state index contributed by atoms with van der Waals surface area (Å²) in [5.74, 6) is 0.120. The van der Waals surface area contributed by atoms with Crippen LogP contribution in [0.4, 0.5) is 0 Å². The first-order valence-corrected chi connectivity index (χ1v) is 14.9. The number of rotatable bonds is 6. The number of benzene rings is 3. The van der Waals surface area contributed by atoms with Crippen molar-refractivity contribution in [3.8, 4) is 0 Å². The number of hydrogen-bond donors (Lipinski definition) is 1. The quantitative estimate of drug-likeness (QED) is 0.354. The number of carbonyl (C=O) groups excluding carboxylic acids is 1. The monoisotopic (exact) mass is 496 g/mol. The largest absolute Gasteiger partial charge is 0.407 e. The molecule has 1 amide bonds. The molecule has 2 heterocycles. The zero-order valence-corrected chi connectivity index (χ0v) is 22.8. The van der Waals surface area contributed by atoms with E-state index in [-0.39, 0.29) is 17.0 Å². The van der Waals surface area contributed by atoms with Crippen molar-refractivity contribution >= 4 is 35.5 Å². The zero-order chi connectivity index (χ0) is 25.3. The van der Waals surface area contributed by atoms with Crippen LogP contribution >= 0.6 is 0 Å². The highest BCUT2D eigenvalue weighted by atomic mass is 28.4. The van der Waals surface area contributed by atoms with Gasteiger partial charge < -0.3 is 14.3 Å². The third kappa shape index (κ3) is 4.20. The van der Waals surface area contributed by atoms with Crippen LogP contribution in [0.2, 0.25) is 5.04 Å². The molecule has 1 aliphatic heterocycles. The fourth-order valence-corrected chi connectivity index (χ4v) is 10.7. The van der Waals surface area contributed by atoms with Gasteiger partial charge in [-0.15, -0.1) is 0 Å². The lowest BCUT2D eigenvalue weighted by Gasteiger charge is -2.43. The Bertz CT molecular complexity index is 1300. The third-order valence-corrected chi connectivity index (χ3v) is 12.7. The molecule has 1 aliphatic rings. The minimum absolute atomic E-state index is 0.0168. The molecule has 0 radical (unpaired) electrons. The van der Waals surface area contributed by atoms with Gasteiger partial charge in [0.2, 0.25) is 5.91 Å². The summed E-state index contributed by atoms with van der Waals surface area (Å²) in [4.78, 5) is 18.4. The summed E-state index contributed by atoms with van der Waals surface area (Å²) in [6.07, 6.45) is 1.63. The van der Waals surface area contributed by atoms with E-state index in [0.29, 0.717) is 6.61 Å². The molecule has 1 N–H and O–H groups in total. The van der Waals surface area contributed by atoms with Crippen LogP contribution in [0.15, 0.2) is 84.9 Å². The van der Waals surface area contributed by atoms with Gasteiger partial charge in [-0.25, -0.2) is 0 Å². The Morgan fingerprint density at radius 1 is 0.944 bits per heavy atom. The van der Waals surface area contributed by atoms with Gasteiger partial charge in [0.1, 0.15) is 0 Å². The minimum Gasteiger partial charge on any atom is -0.407 e. The molecule has 186 valence electrons. The average molecular weight is 497 g/mol. The third-order valence-electron chi connectivity index (χ3n) is 7.69. The molecule has 4 aromatic rings. The van der Waals surface area contributed by atoms with Gasteiger partial charge in [-0.05, 0) is 39.9 Å². The zero-order valence-electron chi connectivity index (χ0n) is 21.8. The van der Waals surface area contributed by atoms with Crippen LogP contribution in [0.3, 0.4) is 0 Å². The lowest BCUT2D eigenvalue weighted by atomic mass is 9.95. The first-order chi connectivity index (χ1) is 17.3. The van der Waals surface area contributed by atoms with E-state index in [9.17, 15) is 4.79 Å². The van der Waals surface area contributed by atoms with Gasteiger partial charge in [0, 0.05) is 36.7 Å². The van der Waals surface area contributed by atoms with Gasteiger partial charge in [0.25, 0.3) is 8.32 Å². The summed E-state index contributed by atoms with van der Waals surface area (Å²) in [7, 11) is -2.62. The molecule has 4 nitrogen and oxygen atoms in total. The van der Waals surface area contributed by atoms with Crippen molar-refractivity contribution in [3.05, 3.63) is 96.2 Å². The number of H-pyrrole nitrogens is 1. The fourth-order valence-electron chi connectivity index (χ4n) is 6.08. The lowest BCUT2D eigenvalue weighted by molar-refractivity contribution is -0.132. The van der Waals surface area contributed by atoms with E-state index < -0.39 is 8.32 Å². The van der Waals surface area contributed by atoms with Crippen molar-refractivity contribution < 1.29 is 9.22 Å². The molecule has 5 rings (SSSR count). The van der Waals surface area contributed by atoms with Gasteiger partial charge in [-0.3, -0.25) is 4.79 Å². The second-order valence-electron chi connectivity index (χ2n) is 10.8. The topological polar surface area (TPSA) is 45.3 Å². The van der Waals surface area contributed by atoms with Crippen molar-refractivity contribution in [3.63, 3.8) is 0 Å². The smallest absolute Gasteiger partial charge is 0.261 e. The summed E-state index contributed by atoms with van der Waals surface area (Å²) in [5, 5.41) is 3.76. The average Bonchev–Trinajstić information content (AvgIpc) is 3.26. The van der Waals surface area contributed by atoms with Gasteiger partial charge >= 0.3 is 0 Å². The van der Waals surface area contributed by atoms with Crippen molar-refractivity contribution in [2.24, 2.45) is 0 Å². The summed E-state index contributed by atoms with van der Waals surface area (Å²) in [6, 6.07) is 30.0. The van der Waals surface area contributed by atoms with E-state index in [4.69, 9.17) is 4.43 Å². The van der Waals surface area contributed by atoms with Gasteiger partial charge in [0.05, 0.1) is 6.04 Å². The number of fused-ring (bicyclic) bond motifs is 3. The summed E-state index contributed by atoms with van der Waals surface area (Å²) < 4.78 is 7.17.